The molecule has 7 heteroatoms. The summed E-state index contributed by atoms with van der Waals surface area (Å²) in [5.74, 6) is 1.85. The molecule has 0 radical (unpaired) electrons. The van der Waals surface area contributed by atoms with Gasteiger partial charge >= 0.3 is 0 Å². The van der Waals surface area contributed by atoms with Gasteiger partial charge in [-0.1, -0.05) is 24.3 Å². The average molecular weight is 403 g/mol. The third-order valence-electron chi connectivity index (χ3n) is 5.25. The van der Waals surface area contributed by atoms with Gasteiger partial charge in [0.05, 0.1) is 16.3 Å². The molecule has 0 bridgehead atoms. The first-order chi connectivity index (χ1) is 13.6. The maximum atomic E-state index is 12.4. The maximum absolute atomic E-state index is 12.4. The van der Waals surface area contributed by atoms with Crippen molar-refractivity contribution in [3.8, 4) is 11.5 Å². The quantitative estimate of drug-likeness (QED) is 0.740. The molecule has 0 atom stereocenters. The number of sulfone groups is 1. The minimum Gasteiger partial charge on any atom is -0.486 e. The Labute approximate surface area is 166 Å². The highest BCUT2D eigenvalue weighted by molar-refractivity contribution is 7.91. The third-order valence-corrected chi connectivity index (χ3v) is 7.06. The molecule has 150 valence electrons. The first-order valence-corrected chi connectivity index (χ1v) is 11.4. The Hall–Kier alpha value is -2.25. The number of fused-ring (bicyclic) bond motifs is 1. The zero-order valence-electron chi connectivity index (χ0n) is 15.9. The van der Waals surface area contributed by atoms with Crippen molar-refractivity contribution >= 4 is 15.5 Å². The molecule has 1 fully saturated rings. The number of anilines is 1. The second-order valence-corrected chi connectivity index (χ2v) is 9.22. The molecule has 2 aliphatic heterocycles. The van der Waals surface area contributed by atoms with Crippen LogP contribution in [-0.2, 0) is 9.84 Å². The second kappa shape index (κ2) is 8.41. The molecule has 2 aliphatic rings. The van der Waals surface area contributed by atoms with Crippen LogP contribution in [0.2, 0.25) is 0 Å². The summed E-state index contributed by atoms with van der Waals surface area (Å²) in [5, 5.41) is 0. The van der Waals surface area contributed by atoms with Gasteiger partial charge < -0.3 is 14.4 Å². The summed E-state index contributed by atoms with van der Waals surface area (Å²) in [6.07, 6.45) is 0.648. The van der Waals surface area contributed by atoms with Crippen molar-refractivity contribution in [3.63, 3.8) is 0 Å². The molecule has 0 N–H and O–H groups in total. The van der Waals surface area contributed by atoms with Crippen molar-refractivity contribution in [1.82, 2.24) is 4.90 Å². The molecule has 0 spiro atoms. The zero-order valence-corrected chi connectivity index (χ0v) is 16.7. The molecular formula is C21H26N2O4S. The molecule has 0 aromatic heterocycles. The number of piperazine rings is 1. The Morgan fingerprint density at radius 1 is 0.857 bits per heavy atom. The molecule has 4 rings (SSSR count). The second-order valence-electron chi connectivity index (χ2n) is 7.12. The van der Waals surface area contributed by atoms with E-state index in [2.05, 4.69) is 15.9 Å². The lowest BCUT2D eigenvalue weighted by Crippen LogP contribution is -2.47. The van der Waals surface area contributed by atoms with Gasteiger partial charge in [0.25, 0.3) is 0 Å². The Kier molecular flexibility index (Phi) is 5.73. The monoisotopic (exact) mass is 402 g/mol. The molecule has 2 aromatic carbocycles. The van der Waals surface area contributed by atoms with Gasteiger partial charge in [0.15, 0.2) is 21.3 Å². The summed E-state index contributed by atoms with van der Waals surface area (Å²) in [7, 11) is -3.19. The van der Waals surface area contributed by atoms with E-state index in [1.807, 2.05) is 18.2 Å². The molecule has 6 nitrogen and oxygen atoms in total. The minimum absolute atomic E-state index is 0.189. The van der Waals surface area contributed by atoms with Crippen LogP contribution in [0.3, 0.4) is 0 Å². The number of hydrogen-bond donors (Lipinski definition) is 0. The van der Waals surface area contributed by atoms with Crippen LogP contribution in [0.25, 0.3) is 0 Å². The van der Waals surface area contributed by atoms with E-state index in [1.165, 1.54) is 0 Å². The summed E-state index contributed by atoms with van der Waals surface area (Å²) in [6, 6.07) is 14.7. The van der Waals surface area contributed by atoms with Crippen molar-refractivity contribution in [2.75, 3.05) is 56.6 Å². The molecule has 1 saturated heterocycles. The first kappa shape index (κ1) is 19.1. The average Bonchev–Trinajstić information content (AvgIpc) is 2.74. The number of nitrogens with zero attached hydrogens (tertiary/aromatic N) is 2. The van der Waals surface area contributed by atoms with Gasteiger partial charge in [-0.3, -0.25) is 4.90 Å². The van der Waals surface area contributed by atoms with E-state index in [1.54, 1.807) is 24.3 Å². The standard InChI is InChI=1S/C21H26N2O4S/c24-28(25,18-6-2-1-3-7-18)17-5-10-22-11-13-23(14-12-22)19-8-4-9-20-21(19)27-16-15-26-20/h1-4,6-9H,5,10-17H2. The van der Waals surface area contributed by atoms with E-state index >= 15 is 0 Å². The van der Waals surface area contributed by atoms with Gasteiger partial charge in [0.1, 0.15) is 13.2 Å². The van der Waals surface area contributed by atoms with E-state index < -0.39 is 9.84 Å². The predicted molar refractivity (Wildman–Crippen MR) is 109 cm³/mol. The topological polar surface area (TPSA) is 59.1 Å². The van der Waals surface area contributed by atoms with Crippen LogP contribution < -0.4 is 14.4 Å². The summed E-state index contributed by atoms with van der Waals surface area (Å²) in [6.45, 7) is 5.59. The number of ether oxygens (including phenoxy) is 2. The molecule has 2 aromatic rings. The lowest BCUT2D eigenvalue weighted by molar-refractivity contribution is 0.171. The van der Waals surface area contributed by atoms with Crippen LogP contribution in [0.1, 0.15) is 6.42 Å². The van der Waals surface area contributed by atoms with Crippen molar-refractivity contribution in [3.05, 3.63) is 48.5 Å². The maximum Gasteiger partial charge on any atom is 0.184 e. The van der Waals surface area contributed by atoms with Gasteiger partial charge in [-0.2, -0.15) is 0 Å². The highest BCUT2D eigenvalue weighted by atomic mass is 32.2. The van der Waals surface area contributed by atoms with Gasteiger partial charge in [-0.25, -0.2) is 8.42 Å². The molecule has 0 unspecified atom stereocenters. The van der Waals surface area contributed by atoms with Crippen LogP contribution in [0, 0.1) is 0 Å². The summed E-state index contributed by atoms with van der Waals surface area (Å²) in [5.41, 5.74) is 1.09. The summed E-state index contributed by atoms with van der Waals surface area (Å²) in [4.78, 5) is 5.07. The largest absolute Gasteiger partial charge is 0.486 e. The highest BCUT2D eigenvalue weighted by Gasteiger charge is 2.23. The fourth-order valence-electron chi connectivity index (χ4n) is 3.74. The lowest BCUT2D eigenvalue weighted by atomic mass is 10.2. The first-order valence-electron chi connectivity index (χ1n) is 9.77. The number of benzene rings is 2. The van der Waals surface area contributed by atoms with Crippen molar-refractivity contribution < 1.29 is 17.9 Å². The predicted octanol–water partition coefficient (Wildman–Crippen LogP) is 2.44. The lowest BCUT2D eigenvalue weighted by Gasteiger charge is -2.37. The normalized spacial score (nSPS) is 17.5. The molecule has 0 aliphatic carbocycles. The highest BCUT2D eigenvalue weighted by Crippen LogP contribution is 2.39. The van der Waals surface area contributed by atoms with Crippen LogP contribution >= 0.6 is 0 Å². The van der Waals surface area contributed by atoms with E-state index in [9.17, 15) is 8.42 Å². The van der Waals surface area contributed by atoms with Gasteiger partial charge in [0.2, 0.25) is 0 Å². The van der Waals surface area contributed by atoms with Crippen LogP contribution in [0.4, 0.5) is 5.69 Å². The van der Waals surface area contributed by atoms with E-state index in [0.29, 0.717) is 24.5 Å². The van der Waals surface area contributed by atoms with Crippen LogP contribution in [-0.4, -0.2) is 65.0 Å². The van der Waals surface area contributed by atoms with E-state index in [-0.39, 0.29) is 5.75 Å². The van der Waals surface area contributed by atoms with Gasteiger partial charge in [-0.15, -0.1) is 0 Å². The van der Waals surface area contributed by atoms with Crippen LogP contribution in [0.15, 0.2) is 53.4 Å². The Morgan fingerprint density at radius 3 is 2.39 bits per heavy atom. The van der Waals surface area contributed by atoms with Crippen molar-refractivity contribution in [2.45, 2.75) is 11.3 Å². The molecule has 0 saturated carbocycles. The van der Waals surface area contributed by atoms with Gasteiger partial charge in [0, 0.05) is 26.2 Å². The summed E-state index contributed by atoms with van der Waals surface area (Å²) >= 11 is 0. The molecular weight excluding hydrogens is 376 g/mol. The van der Waals surface area contributed by atoms with E-state index in [4.69, 9.17) is 9.47 Å². The Morgan fingerprint density at radius 2 is 1.61 bits per heavy atom. The van der Waals surface area contributed by atoms with Crippen LogP contribution in [0.5, 0.6) is 11.5 Å². The SMILES string of the molecule is O=S(=O)(CCCN1CCN(c2cccc3c2OCCO3)CC1)c1ccccc1. The molecule has 0 amide bonds. The number of hydrogen-bond acceptors (Lipinski definition) is 6. The fraction of sp³-hybridized carbons (Fsp3) is 0.429. The third kappa shape index (κ3) is 4.25. The smallest absolute Gasteiger partial charge is 0.184 e. The minimum atomic E-state index is -3.19. The zero-order chi connectivity index (χ0) is 19.4. The number of para-hydroxylation sites is 1. The van der Waals surface area contributed by atoms with E-state index in [0.717, 1.165) is 49.9 Å². The Bertz CT molecular complexity index is 894. The molecule has 2 heterocycles. The fourth-order valence-corrected chi connectivity index (χ4v) is 5.06. The van der Waals surface area contributed by atoms with Gasteiger partial charge in [-0.05, 0) is 37.2 Å². The van der Waals surface area contributed by atoms with Crippen molar-refractivity contribution in [2.24, 2.45) is 0 Å². The number of rotatable bonds is 6. The molecule has 28 heavy (non-hydrogen) atoms. The van der Waals surface area contributed by atoms with Crippen molar-refractivity contribution in [1.29, 1.82) is 0 Å². The summed E-state index contributed by atoms with van der Waals surface area (Å²) < 4.78 is 36.3. The Balaban J connectivity index is 1.28.